The Labute approximate surface area is 102 Å². The number of carbonyl (C=O) groups excluding carboxylic acids is 1. The van der Waals surface area contributed by atoms with Gasteiger partial charge in [0, 0.05) is 6.04 Å². The first-order chi connectivity index (χ1) is 8.17. The maximum atomic E-state index is 11.3. The molecule has 0 fully saturated rings. The van der Waals surface area contributed by atoms with E-state index in [2.05, 4.69) is 24.1 Å². The molecular weight excluding hydrogens is 220 g/mol. The van der Waals surface area contributed by atoms with Gasteiger partial charge in [0.15, 0.2) is 5.69 Å². The van der Waals surface area contributed by atoms with E-state index < -0.39 is 5.97 Å². The van der Waals surface area contributed by atoms with Crippen molar-refractivity contribution in [2.24, 2.45) is 0 Å². The Kier molecular flexibility index (Phi) is 5.52. The van der Waals surface area contributed by atoms with E-state index >= 15 is 0 Å². The van der Waals surface area contributed by atoms with Crippen molar-refractivity contribution in [1.82, 2.24) is 4.98 Å². The fraction of sp³-hybridized carbons (Fsp3) is 0.667. The van der Waals surface area contributed by atoms with Crippen molar-refractivity contribution in [3.8, 4) is 0 Å². The van der Waals surface area contributed by atoms with Gasteiger partial charge in [0.25, 0.3) is 6.01 Å². The average molecular weight is 240 g/mol. The van der Waals surface area contributed by atoms with Crippen LogP contribution in [0.4, 0.5) is 6.01 Å². The number of esters is 1. The molecule has 1 aromatic heterocycles. The van der Waals surface area contributed by atoms with Crippen molar-refractivity contribution in [1.29, 1.82) is 0 Å². The largest absolute Gasteiger partial charge is 0.461 e. The van der Waals surface area contributed by atoms with Crippen molar-refractivity contribution >= 4 is 12.0 Å². The molecule has 5 nitrogen and oxygen atoms in total. The first-order valence-electron chi connectivity index (χ1n) is 6.06. The Morgan fingerprint density at radius 2 is 2.35 bits per heavy atom. The van der Waals surface area contributed by atoms with Gasteiger partial charge in [-0.1, -0.05) is 19.8 Å². The Hall–Kier alpha value is -1.52. The number of hydrogen-bond donors (Lipinski definition) is 1. The molecule has 0 saturated carbocycles. The maximum absolute atomic E-state index is 11.3. The molecule has 0 radical (unpaired) electrons. The van der Waals surface area contributed by atoms with Crippen LogP contribution < -0.4 is 5.32 Å². The molecule has 1 unspecified atom stereocenters. The molecule has 1 atom stereocenters. The molecule has 1 rings (SSSR count). The second-order valence-electron chi connectivity index (χ2n) is 3.95. The van der Waals surface area contributed by atoms with Gasteiger partial charge in [-0.25, -0.2) is 4.79 Å². The summed E-state index contributed by atoms with van der Waals surface area (Å²) in [5.41, 5.74) is 0.206. The van der Waals surface area contributed by atoms with Crippen molar-refractivity contribution in [2.75, 3.05) is 11.9 Å². The average Bonchev–Trinajstić information content (AvgIpc) is 2.75. The lowest BCUT2D eigenvalue weighted by atomic mass is 10.1. The lowest BCUT2D eigenvalue weighted by Crippen LogP contribution is -2.15. The second-order valence-corrected chi connectivity index (χ2v) is 3.95. The third kappa shape index (κ3) is 4.46. The summed E-state index contributed by atoms with van der Waals surface area (Å²) < 4.78 is 9.98. The number of rotatable bonds is 7. The van der Waals surface area contributed by atoms with Crippen LogP contribution in [0.15, 0.2) is 10.7 Å². The van der Waals surface area contributed by atoms with Gasteiger partial charge in [-0.2, -0.15) is 4.98 Å². The van der Waals surface area contributed by atoms with Crippen molar-refractivity contribution < 1.29 is 13.9 Å². The zero-order valence-corrected chi connectivity index (χ0v) is 10.7. The Bertz CT molecular complexity index is 349. The van der Waals surface area contributed by atoms with E-state index in [1.165, 1.54) is 6.26 Å². The summed E-state index contributed by atoms with van der Waals surface area (Å²) in [6.45, 7) is 6.30. The number of hydrogen-bond acceptors (Lipinski definition) is 5. The number of anilines is 1. The van der Waals surface area contributed by atoms with E-state index in [9.17, 15) is 4.79 Å². The molecule has 1 N–H and O–H groups in total. The minimum Gasteiger partial charge on any atom is -0.461 e. The summed E-state index contributed by atoms with van der Waals surface area (Å²) in [6.07, 6.45) is 4.67. The van der Waals surface area contributed by atoms with E-state index in [4.69, 9.17) is 9.15 Å². The van der Waals surface area contributed by atoms with Gasteiger partial charge < -0.3 is 14.5 Å². The van der Waals surface area contributed by atoms with Crippen molar-refractivity contribution in [3.05, 3.63) is 12.0 Å². The van der Waals surface area contributed by atoms with Gasteiger partial charge in [-0.3, -0.25) is 0 Å². The van der Waals surface area contributed by atoms with Crippen molar-refractivity contribution in [2.45, 2.75) is 46.1 Å². The summed E-state index contributed by atoms with van der Waals surface area (Å²) in [5, 5.41) is 3.11. The lowest BCUT2D eigenvalue weighted by Gasteiger charge is -2.10. The summed E-state index contributed by atoms with van der Waals surface area (Å²) >= 11 is 0. The van der Waals surface area contributed by atoms with Crippen LogP contribution in [0.2, 0.25) is 0 Å². The summed E-state index contributed by atoms with van der Waals surface area (Å²) in [5.74, 6) is -0.453. The van der Waals surface area contributed by atoms with Gasteiger partial charge >= 0.3 is 5.97 Å². The molecule has 0 aliphatic heterocycles. The van der Waals surface area contributed by atoms with Crippen LogP contribution in [-0.4, -0.2) is 23.6 Å². The van der Waals surface area contributed by atoms with Crippen LogP contribution in [0, 0.1) is 0 Å². The number of ether oxygens (including phenoxy) is 1. The summed E-state index contributed by atoms with van der Waals surface area (Å²) in [7, 11) is 0. The molecule has 1 aromatic rings. The molecule has 0 bridgehead atoms. The predicted molar refractivity (Wildman–Crippen MR) is 65.1 cm³/mol. The second kappa shape index (κ2) is 6.93. The van der Waals surface area contributed by atoms with Crippen LogP contribution in [0.1, 0.15) is 50.5 Å². The molecule has 17 heavy (non-hydrogen) atoms. The van der Waals surface area contributed by atoms with Crippen molar-refractivity contribution in [3.63, 3.8) is 0 Å². The minimum atomic E-state index is -0.453. The number of nitrogens with zero attached hydrogens (tertiary/aromatic N) is 1. The highest BCUT2D eigenvalue weighted by Gasteiger charge is 2.14. The lowest BCUT2D eigenvalue weighted by molar-refractivity contribution is 0.0519. The third-order valence-electron chi connectivity index (χ3n) is 2.35. The molecule has 0 spiro atoms. The molecule has 0 aliphatic rings. The predicted octanol–water partition coefficient (Wildman–Crippen LogP) is 2.84. The molecular formula is C12H20N2O3. The maximum Gasteiger partial charge on any atom is 0.360 e. The van der Waals surface area contributed by atoms with E-state index in [0.29, 0.717) is 12.6 Å². The first-order valence-corrected chi connectivity index (χ1v) is 6.06. The molecule has 1 heterocycles. The number of oxazole rings is 1. The fourth-order valence-corrected chi connectivity index (χ4v) is 1.43. The Morgan fingerprint density at radius 3 is 3.00 bits per heavy atom. The molecule has 96 valence electrons. The molecule has 0 aromatic carbocycles. The molecule has 0 aliphatic carbocycles. The van der Waals surface area contributed by atoms with E-state index in [-0.39, 0.29) is 11.7 Å². The van der Waals surface area contributed by atoms with Gasteiger partial charge in [-0.05, 0) is 20.3 Å². The Balaban J connectivity index is 2.47. The quantitative estimate of drug-likeness (QED) is 0.742. The van der Waals surface area contributed by atoms with E-state index in [1.54, 1.807) is 6.92 Å². The van der Waals surface area contributed by atoms with Gasteiger partial charge in [0.05, 0.1) is 6.61 Å². The van der Waals surface area contributed by atoms with E-state index in [0.717, 1.165) is 19.3 Å². The normalized spacial score (nSPS) is 12.2. The topological polar surface area (TPSA) is 64.4 Å². The van der Waals surface area contributed by atoms with Crippen LogP contribution >= 0.6 is 0 Å². The first kappa shape index (κ1) is 13.5. The van der Waals surface area contributed by atoms with Gasteiger partial charge in [0.2, 0.25) is 0 Å². The van der Waals surface area contributed by atoms with Crippen LogP contribution in [0.3, 0.4) is 0 Å². The zero-order valence-electron chi connectivity index (χ0n) is 10.7. The standard InChI is InChI=1S/C12H20N2O3/c1-4-6-7-9(3)13-12-14-10(8-17-12)11(15)16-5-2/h8-9H,4-7H2,1-3H3,(H,13,14). The van der Waals surface area contributed by atoms with Gasteiger partial charge in [-0.15, -0.1) is 0 Å². The smallest absolute Gasteiger partial charge is 0.360 e. The molecule has 5 heteroatoms. The monoisotopic (exact) mass is 240 g/mol. The number of aromatic nitrogens is 1. The number of carbonyl (C=O) groups is 1. The summed E-state index contributed by atoms with van der Waals surface area (Å²) in [4.78, 5) is 15.4. The van der Waals surface area contributed by atoms with Crippen LogP contribution in [0.5, 0.6) is 0 Å². The highest BCUT2D eigenvalue weighted by Crippen LogP contribution is 2.12. The SMILES string of the molecule is CCCCC(C)Nc1nc(C(=O)OCC)co1. The highest BCUT2D eigenvalue weighted by atomic mass is 16.5. The highest BCUT2D eigenvalue weighted by molar-refractivity contribution is 5.87. The zero-order chi connectivity index (χ0) is 12.7. The van der Waals surface area contributed by atoms with Gasteiger partial charge in [0.1, 0.15) is 6.26 Å². The van der Waals surface area contributed by atoms with E-state index in [1.807, 2.05) is 0 Å². The third-order valence-corrected chi connectivity index (χ3v) is 2.35. The molecule has 0 amide bonds. The fourth-order valence-electron chi connectivity index (χ4n) is 1.43. The molecule has 0 saturated heterocycles. The van der Waals surface area contributed by atoms with Crippen LogP contribution in [0.25, 0.3) is 0 Å². The Morgan fingerprint density at radius 1 is 1.59 bits per heavy atom. The summed E-state index contributed by atoms with van der Waals surface area (Å²) in [6, 6.07) is 0.653. The number of unbranched alkanes of at least 4 members (excludes halogenated alkanes) is 1. The number of nitrogens with one attached hydrogen (secondary N) is 1. The van der Waals surface area contributed by atoms with Crippen LogP contribution in [-0.2, 0) is 4.74 Å². The minimum absolute atomic E-state index is 0.206.